The first-order valence-electron chi connectivity index (χ1n) is 7.22. The van der Waals surface area contributed by atoms with Crippen LogP contribution < -0.4 is 5.32 Å². The van der Waals surface area contributed by atoms with E-state index in [-0.39, 0.29) is 19.1 Å². The second-order valence-electron chi connectivity index (χ2n) is 4.85. The Balaban J connectivity index is 2.49. The molecule has 0 spiro atoms. The normalized spacial score (nSPS) is 11.6. The molecule has 122 valence electrons. The summed E-state index contributed by atoms with van der Waals surface area (Å²) in [5.74, 6) is -1.14. The summed E-state index contributed by atoms with van der Waals surface area (Å²) in [5, 5.41) is 3.19. The Morgan fingerprint density at radius 1 is 1.27 bits per heavy atom. The summed E-state index contributed by atoms with van der Waals surface area (Å²) in [6, 6.07) is 5.52. The maximum absolute atomic E-state index is 11.9. The van der Waals surface area contributed by atoms with Gasteiger partial charge in [-0.05, 0) is 31.4 Å². The molecule has 1 aromatic rings. The zero-order valence-electron chi connectivity index (χ0n) is 13.1. The quantitative estimate of drug-likeness (QED) is 0.452. The van der Waals surface area contributed by atoms with Gasteiger partial charge in [0, 0.05) is 5.69 Å². The number of aryl methyl sites for hydroxylation is 2. The minimum absolute atomic E-state index is 0.00852. The molecule has 0 aliphatic heterocycles. The van der Waals surface area contributed by atoms with E-state index in [4.69, 9.17) is 21.1 Å². The van der Waals surface area contributed by atoms with Gasteiger partial charge in [-0.15, -0.1) is 11.6 Å². The van der Waals surface area contributed by atoms with E-state index in [1.54, 1.807) is 6.92 Å². The van der Waals surface area contributed by atoms with Crippen molar-refractivity contribution in [1.82, 2.24) is 0 Å². The first-order valence-corrected chi connectivity index (χ1v) is 7.76. The molecule has 0 radical (unpaired) electrons. The van der Waals surface area contributed by atoms with Gasteiger partial charge in [-0.1, -0.05) is 25.1 Å². The number of benzene rings is 1. The highest BCUT2D eigenvalue weighted by atomic mass is 35.5. The minimum atomic E-state index is -0.531. The molecule has 0 saturated heterocycles. The third-order valence-corrected chi connectivity index (χ3v) is 3.37. The highest BCUT2D eigenvalue weighted by Gasteiger charge is 2.16. The summed E-state index contributed by atoms with van der Waals surface area (Å²) >= 11 is 5.29. The number of alkyl halides is 1. The zero-order valence-corrected chi connectivity index (χ0v) is 13.9. The molecule has 0 aliphatic carbocycles. The van der Waals surface area contributed by atoms with Crippen molar-refractivity contribution in [3.63, 3.8) is 0 Å². The van der Waals surface area contributed by atoms with Crippen LogP contribution in [0.3, 0.4) is 0 Å². The number of hydrogen-bond acceptors (Lipinski definition) is 5. The number of hydrogen-bond donors (Lipinski definition) is 1. The SMILES string of the molecule is CCc1cccc(C)c1N[C@@H](C)C(=O)OCCOC(=O)CCl. The van der Waals surface area contributed by atoms with Crippen LogP contribution in [-0.4, -0.2) is 37.1 Å². The lowest BCUT2D eigenvalue weighted by Gasteiger charge is -2.19. The number of rotatable bonds is 8. The summed E-state index contributed by atoms with van der Waals surface area (Å²) in [4.78, 5) is 22.8. The maximum atomic E-state index is 11.9. The first kappa shape index (κ1) is 18.3. The molecule has 5 nitrogen and oxygen atoms in total. The van der Waals surface area contributed by atoms with Gasteiger partial charge in [0.05, 0.1) is 0 Å². The zero-order chi connectivity index (χ0) is 16.5. The Morgan fingerprint density at radius 3 is 2.59 bits per heavy atom. The first-order chi connectivity index (χ1) is 10.5. The van der Waals surface area contributed by atoms with Gasteiger partial charge >= 0.3 is 11.9 Å². The Labute approximate surface area is 135 Å². The monoisotopic (exact) mass is 327 g/mol. The molecule has 0 heterocycles. The van der Waals surface area contributed by atoms with E-state index in [1.165, 1.54) is 0 Å². The average Bonchev–Trinajstić information content (AvgIpc) is 2.52. The highest BCUT2D eigenvalue weighted by molar-refractivity contribution is 6.26. The van der Waals surface area contributed by atoms with Crippen LogP contribution in [0.4, 0.5) is 5.69 Å². The smallest absolute Gasteiger partial charge is 0.328 e. The number of halogens is 1. The third kappa shape index (κ3) is 5.56. The van der Waals surface area contributed by atoms with E-state index >= 15 is 0 Å². The van der Waals surface area contributed by atoms with Crippen LogP contribution in [0.2, 0.25) is 0 Å². The Kier molecular flexibility index (Phi) is 7.74. The fourth-order valence-electron chi connectivity index (χ4n) is 1.97. The van der Waals surface area contributed by atoms with Crippen molar-refractivity contribution in [2.24, 2.45) is 0 Å². The lowest BCUT2D eigenvalue weighted by molar-refractivity contribution is -0.151. The van der Waals surface area contributed by atoms with Gasteiger partial charge in [0.2, 0.25) is 0 Å². The lowest BCUT2D eigenvalue weighted by Crippen LogP contribution is -2.30. The van der Waals surface area contributed by atoms with E-state index in [0.29, 0.717) is 0 Å². The molecule has 1 N–H and O–H groups in total. The number of ether oxygens (including phenoxy) is 2. The number of esters is 2. The fourth-order valence-corrected chi connectivity index (χ4v) is 2.04. The second kappa shape index (κ2) is 9.30. The molecule has 0 fully saturated rings. The number of carbonyl (C=O) groups is 2. The number of para-hydroxylation sites is 1. The van der Waals surface area contributed by atoms with Gasteiger partial charge in [0.1, 0.15) is 25.1 Å². The topological polar surface area (TPSA) is 64.6 Å². The molecule has 0 aromatic heterocycles. The molecule has 0 bridgehead atoms. The van der Waals surface area contributed by atoms with Gasteiger partial charge in [-0.2, -0.15) is 0 Å². The van der Waals surface area contributed by atoms with Crippen LogP contribution in [0, 0.1) is 6.92 Å². The Hall–Kier alpha value is -1.75. The van der Waals surface area contributed by atoms with E-state index in [0.717, 1.165) is 23.2 Å². The molecular weight excluding hydrogens is 306 g/mol. The molecule has 1 atom stereocenters. The number of carbonyl (C=O) groups excluding carboxylic acids is 2. The predicted octanol–water partition coefficient (Wildman–Crippen LogP) is 2.68. The second-order valence-corrected chi connectivity index (χ2v) is 5.12. The lowest BCUT2D eigenvalue weighted by atomic mass is 10.1. The van der Waals surface area contributed by atoms with Crippen molar-refractivity contribution in [3.8, 4) is 0 Å². The Bertz CT molecular complexity index is 519. The van der Waals surface area contributed by atoms with Crippen molar-refractivity contribution in [2.75, 3.05) is 24.4 Å². The van der Waals surface area contributed by atoms with Crippen LogP contribution in [0.15, 0.2) is 18.2 Å². The van der Waals surface area contributed by atoms with E-state index in [1.807, 2.05) is 25.1 Å². The summed E-state index contributed by atoms with van der Waals surface area (Å²) in [6.45, 7) is 5.81. The van der Waals surface area contributed by atoms with E-state index < -0.39 is 18.0 Å². The molecule has 0 unspecified atom stereocenters. The molecule has 0 aliphatic rings. The molecular formula is C16H22ClNO4. The summed E-state index contributed by atoms with van der Waals surface area (Å²) in [6.07, 6.45) is 0.875. The average molecular weight is 328 g/mol. The highest BCUT2D eigenvalue weighted by Crippen LogP contribution is 2.22. The van der Waals surface area contributed by atoms with Crippen LogP contribution in [-0.2, 0) is 25.5 Å². The molecule has 0 amide bonds. The van der Waals surface area contributed by atoms with E-state index in [9.17, 15) is 9.59 Å². The van der Waals surface area contributed by atoms with Crippen LogP contribution >= 0.6 is 11.6 Å². The summed E-state index contributed by atoms with van der Waals surface area (Å²) < 4.78 is 9.79. The molecule has 1 rings (SSSR count). The third-order valence-electron chi connectivity index (χ3n) is 3.15. The predicted molar refractivity (Wildman–Crippen MR) is 86.3 cm³/mol. The van der Waals surface area contributed by atoms with Crippen molar-refractivity contribution in [2.45, 2.75) is 33.2 Å². The maximum Gasteiger partial charge on any atom is 0.328 e. The van der Waals surface area contributed by atoms with Crippen molar-refractivity contribution < 1.29 is 19.1 Å². The van der Waals surface area contributed by atoms with Crippen molar-refractivity contribution in [3.05, 3.63) is 29.3 Å². The van der Waals surface area contributed by atoms with E-state index in [2.05, 4.69) is 12.2 Å². The van der Waals surface area contributed by atoms with Crippen LogP contribution in [0.5, 0.6) is 0 Å². The Morgan fingerprint density at radius 2 is 1.95 bits per heavy atom. The standard InChI is InChI=1S/C16H22ClNO4/c1-4-13-7-5-6-11(2)15(13)18-12(3)16(20)22-9-8-21-14(19)10-17/h5-7,12,18H,4,8-10H2,1-3H3/t12-/m0/s1. The largest absolute Gasteiger partial charge is 0.461 e. The molecule has 22 heavy (non-hydrogen) atoms. The van der Waals surface area contributed by atoms with Crippen LogP contribution in [0.25, 0.3) is 0 Å². The van der Waals surface area contributed by atoms with Gasteiger partial charge in [0.25, 0.3) is 0 Å². The number of anilines is 1. The summed E-state index contributed by atoms with van der Waals surface area (Å²) in [5.41, 5.74) is 3.19. The van der Waals surface area contributed by atoms with Gasteiger partial charge in [-0.3, -0.25) is 4.79 Å². The molecule has 1 aromatic carbocycles. The van der Waals surface area contributed by atoms with Crippen LogP contribution in [0.1, 0.15) is 25.0 Å². The summed E-state index contributed by atoms with van der Waals surface area (Å²) in [7, 11) is 0. The minimum Gasteiger partial charge on any atom is -0.461 e. The molecule has 0 saturated carbocycles. The van der Waals surface area contributed by atoms with Gasteiger partial charge < -0.3 is 14.8 Å². The fraction of sp³-hybridized carbons (Fsp3) is 0.500. The van der Waals surface area contributed by atoms with Crippen molar-refractivity contribution in [1.29, 1.82) is 0 Å². The van der Waals surface area contributed by atoms with Gasteiger partial charge in [-0.25, -0.2) is 4.79 Å². The number of nitrogens with one attached hydrogen (secondary N) is 1. The van der Waals surface area contributed by atoms with Crippen molar-refractivity contribution >= 4 is 29.2 Å². The van der Waals surface area contributed by atoms with Gasteiger partial charge in [0.15, 0.2) is 0 Å². The molecule has 6 heteroatoms.